The van der Waals surface area contributed by atoms with Gasteiger partial charge in [0.25, 0.3) is 0 Å². The van der Waals surface area contributed by atoms with Gasteiger partial charge in [0.2, 0.25) is 0 Å². The van der Waals surface area contributed by atoms with Gasteiger partial charge in [0.15, 0.2) is 24.8 Å². The fourth-order valence-corrected chi connectivity index (χ4v) is 16.8. The van der Waals surface area contributed by atoms with Crippen molar-refractivity contribution in [3.05, 3.63) is 12.2 Å². The number of carbonyl (C=O) groups excluding carboxylic acids is 4. The molecule has 2 aliphatic heterocycles. The Kier molecular flexibility index (Phi) is 64.4. The average Bonchev–Trinajstić information content (AvgIpc) is 0.754. The van der Waals surface area contributed by atoms with Crippen LogP contribution in [-0.2, 0) is 70.7 Å². The van der Waals surface area contributed by atoms with Crippen molar-refractivity contribution in [3.8, 4) is 0 Å². The summed E-state index contributed by atoms with van der Waals surface area (Å²) in [4.78, 5) is 66.5. The second kappa shape index (κ2) is 69.5. The predicted octanol–water partition coefficient (Wildman–Crippen LogP) is 17.4. The maximum Gasteiger partial charge on any atom is 0.472 e. The summed E-state index contributed by atoms with van der Waals surface area (Å²) < 4.78 is 73.4. The van der Waals surface area contributed by atoms with Crippen LogP contribution in [0.4, 0.5) is 0 Å². The molecule has 0 spiro atoms. The van der Waals surface area contributed by atoms with E-state index in [0.29, 0.717) is 38.0 Å². The molecule has 10 N–H and O–H groups in total. The molecule has 117 heavy (non-hydrogen) atoms. The highest BCUT2D eigenvalue weighted by Gasteiger charge is 2.60. The van der Waals surface area contributed by atoms with Crippen molar-refractivity contribution >= 4 is 31.7 Å². The predicted molar refractivity (Wildman–Crippen MR) is 453 cm³/mol. The summed E-state index contributed by atoms with van der Waals surface area (Å²) in [5, 5.41) is 102. The summed E-state index contributed by atoms with van der Waals surface area (Å²) in [6, 6.07) is 0. The number of aliphatic hydroxyl groups is 9. The van der Waals surface area contributed by atoms with Crippen LogP contribution in [0.1, 0.15) is 407 Å². The van der Waals surface area contributed by atoms with Crippen LogP contribution in [0.25, 0.3) is 0 Å². The lowest BCUT2D eigenvalue weighted by Gasteiger charge is -2.50. The van der Waals surface area contributed by atoms with E-state index in [9.17, 15) is 74.6 Å². The van der Waals surface area contributed by atoms with Gasteiger partial charge in [-0.25, -0.2) is 4.57 Å². The summed E-state index contributed by atoms with van der Waals surface area (Å²) in [5.74, 6) is -2.30. The molecule has 0 radical (unpaired) electrons. The molecule has 19 unspecified atom stereocenters. The van der Waals surface area contributed by atoms with Crippen LogP contribution in [-0.4, -0.2) is 205 Å². The molecule has 0 aromatic rings. The average molecular weight is 1690 g/mol. The molecule has 3 fully saturated rings. The van der Waals surface area contributed by atoms with E-state index in [-0.39, 0.29) is 32.1 Å². The Morgan fingerprint density at radius 2 is 0.692 bits per heavy atom. The quantitative estimate of drug-likeness (QED) is 0.00889. The number of esters is 4. The van der Waals surface area contributed by atoms with Gasteiger partial charge in [0.1, 0.15) is 92.6 Å². The molecule has 3 aliphatic rings. The smallest absolute Gasteiger partial charge is 0.463 e. The molecule has 3 rings (SSSR count). The number of phosphoric acid groups is 1. The summed E-state index contributed by atoms with van der Waals surface area (Å²) in [6.07, 6.45) is 26.5. The van der Waals surface area contributed by atoms with Crippen molar-refractivity contribution in [2.24, 2.45) is 5.92 Å². The van der Waals surface area contributed by atoms with Crippen LogP contribution in [0, 0.1) is 5.92 Å². The van der Waals surface area contributed by atoms with Gasteiger partial charge in [-0.15, -0.1) is 0 Å². The number of unbranched alkanes of at least 4 members (excludes halogenated alkanes) is 46. The van der Waals surface area contributed by atoms with Crippen LogP contribution < -0.4 is 0 Å². The van der Waals surface area contributed by atoms with Crippen LogP contribution >= 0.6 is 7.82 Å². The minimum absolute atomic E-state index is 0.0164. The first-order chi connectivity index (χ1) is 56.6. The second-order valence-electron chi connectivity index (χ2n) is 34.2. The van der Waals surface area contributed by atoms with Gasteiger partial charge < -0.3 is 88.7 Å². The first kappa shape index (κ1) is 108. The number of carbonyl (C=O) groups is 4. The van der Waals surface area contributed by atoms with E-state index in [1.54, 1.807) is 0 Å². The van der Waals surface area contributed by atoms with Crippen LogP contribution in [0.2, 0.25) is 0 Å². The van der Waals surface area contributed by atoms with Crippen molar-refractivity contribution in [1.82, 2.24) is 0 Å². The Labute approximate surface area is 705 Å². The van der Waals surface area contributed by atoms with Crippen molar-refractivity contribution in [1.29, 1.82) is 0 Å². The number of hydrogen-bond donors (Lipinski definition) is 10. The zero-order valence-electron chi connectivity index (χ0n) is 73.4. The van der Waals surface area contributed by atoms with Gasteiger partial charge in [0, 0.05) is 25.7 Å². The maximum atomic E-state index is 14.9. The topological polar surface area (TPSA) is 380 Å². The SMILES string of the molecule is CCCCCCCC/C=C\CCCCCC(=O)OC1C(O)C(O)C(OC2OC(CO)C(O)C(O)C2O)C(OP(=O)(O)OCC(COC(=O)CCCCCCCCCCCCCCCCCC)OC(=O)CCCCCCCCC(C)CCCCCCCC)C1OC1OC(COC(=O)CCCCCCCCCCCCCCC)C(O)C(O)C1O. The highest BCUT2D eigenvalue weighted by molar-refractivity contribution is 7.47. The van der Waals surface area contributed by atoms with Gasteiger partial charge in [-0.05, 0) is 57.3 Å². The first-order valence-electron chi connectivity index (χ1n) is 47.3. The molecule has 19 atom stereocenters. The van der Waals surface area contributed by atoms with Crippen molar-refractivity contribution in [2.45, 2.75) is 511 Å². The molecule has 25 nitrogen and oxygen atoms in total. The zero-order chi connectivity index (χ0) is 85.5. The van der Waals surface area contributed by atoms with E-state index < -0.39 is 162 Å². The Morgan fingerprint density at radius 1 is 0.359 bits per heavy atom. The molecule has 0 aromatic heterocycles. The lowest BCUT2D eigenvalue weighted by atomic mass is 9.84. The third-order valence-corrected chi connectivity index (χ3v) is 24.4. The minimum atomic E-state index is -5.81. The number of phosphoric ester groups is 1. The van der Waals surface area contributed by atoms with Gasteiger partial charge in [-0.1, -0.05) is 342 Å². The fourth-order valence-electron chi connectivity index (χ4n) is 15.8. The molecule has 2 saturated heterocycles. The summed E-state index contributed by atoms with van der Waals surface area (Å²) >= 11 is 0. The molecule has 1 saturated carbocycles. The van der Waals surface area contributed by atoms with Gasteiger partial charge in [-0.3, -0.25) is 28.2 Å². The molecule has 0 bridgehead atoms. The van der Waals surface area contributed by atoms with Gasteiger partial charge in [-0.2, -0.15) is 0 Å². The lowest BCUT2D eigenvalue weighted by molar-refractivity contribution is -0.360. The Bertz CT molecular complexity index is 2500. The van der Waals surface area contributed by atoms with Crippen molar-refractivity contribution in [2.75, 3.05) is 26.4 Å². The summed E-state index contributed by atoms with van der Waals surface area (Å²) in [7, 11) is -5.81. The number of allylic oxidation sites excluding steroid dienone is 2. The van der Waals surface area contributed by atoms with E-state index in [4.69, 9.17) is 46.9 Å². The Hall–Kier alpha value is -2.79. The first-order valence-corrected chi connectivity index (χ1v) is 48.8. The van der Waals surface area contributed by atoms with Crippen molar-refractivity contribution in [3.63, 3.8) is 0 Å². The normalized spacial score (nSPS) is 25.3. The minimum Gasteiger partial charge on any atom is -0.463 e. The number of rotatable bonds is 76. The summed E-state index contributed by atoms with van der Waals surface area (Å²) in [5.41, 5.74) is 0. The molecule has 688 valence electrons. The number of ether oxygens (including phenoxy) is 8. The maximum absolute atomic E-state index is 14.9. The molecule has 0 amide bonds. The zero-order valence-corrected chi connectivity index (χ0v) is 74.3. The lowest BCUT2D eigenvalue weighted by Crippen LogP contribution is -2.70. The van der Waals surface area contributed by atoms with E-state index >= 15 is 0 Å². The monoisotopic (exact) mass is 1690 g/mol. The standard InChI is InChI=1S/C91H169O25P/c1-6-10-14-18-22-25-28-31-32-33-36-38-40-43-50-56-62-74(93)107-67-71(110-76(95)64-58-53-47-46-49-55-61-70(5)60-54-48-21-17-13-9-4)68-109-117(105,106)116-89-87(114-90-84(103)80(99)78(97)72(66-92)111-90)83(102)82(101)86(113-77(96)65-59-52-45-42-39-35-30-27-24-20-16-12-8-3)88(89)115-91-85(104)81(100)79(98)73(112-91)69-108-75(94)63-57-51-44-41-37-34-29-26-23-19-15-11-7-2/h35,39,70-73,78-92,97-104H,6-34,36-38,40-69H2,1-5H3,(H,105,106)/b39-35-. The highest BCUT2D eigenvalue weighted by Crippen LogP contribution is 2.49. The highest BCUT2D eigenvalue weighted by atomic mass is 31.2. The number of hydrogen-bond acceptors (Lipinski definition) is 24. The molecule has 26 heteroatoms. The Balaban J connectivity index is 1.92. The van der Waals surface area contributed by atoms with E-state index in [2.05, 4.69) is 46.8 Å². The fraction of sp³-hybridized carbons (Fsp3) is 0.934. The van der Waals surface area contributed by atoms with Crippen LogP contribution in [0.5, 0.6) is 0 Å². The largest absolute Gasteiger partial charge is 0.472 e. The third kappa shape index (κ3) is 50.1. The van der Waals surface area contributed by atoms with Crippen LogP contribution in [0.15, 0.2) is 12.2 Å². The third-order valence-electron chi connectivity index (χ3n) is 23.4. The number of aliphatic hydroxyl groups excluding tert-OH is 9. The van der Waals surface area contributed by atoms with E-state index in [1.807, 2.05) is 0 Å². The molecular formula is C91H169O25P. The molecule has 1 aliphatic carbocycles. The molecule has 0 aromatic carbocycles. The Morgan fingerprint density at radius 3 is 1.11 bits per heavy atom. The molecule has 2 heterocycles. The van der Waals surface area contributed by atoms with E-state index in [1.165, 1.54) is 186 Å². The van der Waals surface area contributed by atoms with Crippen LogP contribution in [0.3, 0.4) is 0 Å². The van der Waals surface area contributed by atoms with Crippen molar-refractivity contribution < 1.29 is 122 Å². The van der Waals surface area contributed by atoms with E-state index in [0.717, 1.165) is 122 Å². The van der Waals surface area contributed by atoms with Gasteiger partial charge >= 0.3 is 31.7 Å². The second-order valence-corrected chi connectivity index (χ2v) is 35.6. The summed E-state index contributed by atoms with van der Waals surface area (Å²) in [6.45, 7) is 7.92. The molecular weight excluding hydrogens is 1520 g/mol. The van der Waals surface area contributed by atoms with Gasteiger partial charge in [0.05, 0.1) is 13.2 Å².